The minimum absolute atomic E-state index is 0.0238. The van der Waals surface area contributed by atoms with Crippen LogP contribution in [-0.4, -0.2) is 34.5 Å². The zero-order chi connectivity index (χ0) is 10.7. The maximum atomic E-state index is 11.6. The van der Waals surface area contributed by atoms with Gasteiger partial charge in [-0.3, -0.25) is 9.59 Å². The van der Waals surface area contributed by atoms with Crippen molar-refractivity contribution in [2.24, 2.45) is 5.92 Å². The lowest BCUT2D eigenvalue weighted by molar-refractivity contribution is -0.141. The molecular formula is C10H17NO3. The number of amides is 1. The van der Waals surface area contributed by atoms with Crippen molar-refractivity contribution in [2.75, 3.05) is 6.54 Å². The van der Waals surface area contributed by atoms with E-state index in [-0.39, 0.29) is 24.8 Å². The van der Waals surface area contributed by atoms with E-state index in [0.717, 1.165) is 13.0 Å². The molecule has 1 fully saturated rings. The smallest absolute Gasteiger partial charge is 0.303 e. The molecule has 80 valence electrons. The predicted octanol–water partition coefficient (Wildman–Crippen LogP) is 1.11. The first-order valence-corrected chi connectivity index (χ1v) is 5.02. The van der Waals surface area contributed by atoms with E-state index in [1.807, 2.05) is 6.92 Å². The number of hydrogen-bond donors (Lipinski definition) is 1. The summed E-state index contributed by atoms with van der Waals surface area (Å²) < 4.78 is 0. The molecule has 0 bridgehead atoms. The van der Waals surface area contributed by atoms with Crippen LogP contribution in [0.15, 0.2) is 0 Å². The van der Waals surface area contributed by atoms with Gasteiger partial charge in [-0.1, -0.05) is 6.92 Å². The molecule has 2 atom stereocenters. The van der Waals surface area contributed by atoms with Crippen LogP contribution in [-0.2, 0) is 9.59 Å². The van der Waals surface area contributed by atoms with E-state index in [1.54, 1.807) is 4.90 Å². The molecule has 4 nitrogen and oxygen atoms in total. The second-order valence-electron chi connectivity index (χ2n) is 4.13. The molecule has 2 unspecified atom stereocenters. The standard InChI is InChI=1S/C10H17NO3/c1-7-5-8(2)11(6-7)9(12)3-4-10(13)14/h7-8H,3-6H2,1-2H3,(H,13,14). The Kier molecular flexibility index (Phi) is 3.49. The minimum Gasteiger partial charge on any atom is -0.481 e. The third-order valence-corrected chi connectivity index (χ3v) is 2.66. The number of carbonyl (C=O) groups is 2. The molecule has 4 heteroatoms. The number of nitrogens with zero attached hydrogens (tertiary/aromatic N) is 1. The number of hydrogen-bond acceptors (Lipinski definition) is 2. The van der Waals surface area contributed by atoms with Crippen LogP contribution in [0.5, 0.6) is 0 Å². The van der Waals surface area contributed by atoms with Crippen LogP contribution >= 0.6 is 0 Å². The zero-order valence-electron chi connectivity index (χ0n) is 8.69. The molecule has 0 saturated carbocycles. The quantitative estimate of drug-likeness (QED) is 0.740. The van der Waals surface area contributed by atoms with Gasteiger partial charge in [0.25, 0.3) is 0 Å². The number of carboxylic acids is 1. The lowest BCUT2D eigenvalue weighted by Crippen LogP contribution is -2.34. The van der Waals surface area contributed by atoms with E-state index < -0.39 is 5.97 Å². The topological polar surface area (TPSA) is 57.6 Å². The minimum atomic E-state index is -0.904. The Bertz CT molecular complexity index is 240. The molecule has 1 saturated heterocycles. The lowest BCUT2D eigenvalue weighted by Gasteiger charge is -2.20. The maximum Gasteiger partial charge on any atom is 0.303 e. The first-order valence-electron chi connectivity index (χ1n) is 5.02. The van der Waals surface area contributed by atoms with Gasteiger partial charge in [-0.05, 0) is 19.3 Å². The van der Waals surface area contributed by atoms with Gasteiger partial charge in [0.2, 0.25) is 5.91 Å². The van der Waals surface area contributed by atoms with Gasteiger partial charge in [-0.15, -0.1) is 0 Å². The van der Waals surface area contributed by atoms with Gasteiger partial charge in [-0.2, -0.15) is 0 Å². The highest BCUT2D eigenvalue weighted by Gasteiger charge is 2.29. The molecular weight excluding hydrogens is 182 g/mol. The van der Waals surface area contributed by atoms with Gasteiger partial charge in [0.15, 0.2) is 0 Å². The monoisotopic (exact) mass is 199 g/mol. The average molecular weight is 199 g/mol. The number of likely N-dealkylation sites (tertiary alicyclic amines) is 1. The summed E-state index contributed by atoms with van der Waals surface area (Å²) in [6.07, 6.45) is 1.10. The first-order chi connectivity index (χ1) is 6.50. The van der Waals surface area contributed by atoms with E-state index in [4.69, 9.17) is 5.11 Å². The van der Waals surface area contributed by atoms with Gasteiger partial charge >= 0.3 is 5.97 Å². The van der Waals surface area contributed by atoms with Crippen LogP contribution in [0.25, 0.3) is 0 Å². The number of rotatable bonds is 3. The normalized spacial score (nSPS) is 26.6. The van der Waals surface area contributed by atoms with Crippen molar-refractivity contribution >= 4 is 11.9 Å². The van der Waals surface area contributed by atoms with E-state index in [2.05, 4.69) is 6.92 Å². The van der Waals surface area contributed by atoms with Crippen molar-refractivity contribution in [2.45, 2.75) is 39.2 Å². The second kappa shape index (κ2) is 4.44. The van der Waals surface area contributed by atoms with Crippen molar-refractivity contribution in [1.29, 1.82) is 0 Å². The summed E-state index contributed by atoms with van der Waals surface area (Å²) in [4.78, 5) is 23.7. The molecule has 0 aromatic heterocycles. The van der Waals surface area contributed by atoms with Crippen molar-refractivity contribution in [3.63, 3.8) is 0 Å². The Labute approximate surface area is 83.9 Å². The van der Waals surface area contributed by atoms with Gasteiger partial charge in [0.1, 0.15) is 0 Å². The molecule has 1 aliphatic heterocycles. The molecule has 0 aliphatic carbocycles. The Morgan fingerprint density at radius 2 is 2.00 bits per heavy atom. The van der Waals surface area contributed by atoms with Gasteiger partial charge in [-0.25, -0.2) is 0 Å². The highest BCUT2D eigenvalue weighted by molar-refractivity contribution is 5.81. The summed E-state index contributed by atoms with van der Waals surface area (Å²) in [5, 5.41) is 8.45. The van der Waals surface area contributed by atoms with Crippen molar-refractivity contribution in [1.82, 2.24) is 4.90 Å². The molecule has 0 spiro atoms. The van der Waals surface area contributed by atoms with Crippen LogP contribution in [0.3, 0.4) is 0 Å². The summed E-state index contributed by atoms with van der Waals surface area (Å²) >= 11 is 0. The number of aliphatic carboxylic acids is 1. The molecule has 0 aromatic rings. The summed E-state index contributed by atoms with van der Waals surface area (Å²) in [5.41, 5.74) is 0. The lowest BCUT2D eigenvalue weighted by atomic mass is 10.1. The predicted molar refractivity (Wildman–Crippen MR) is 51.8 cm³/mol. The molecule has 0 aromatic carbocycles. The first kappa shape index (κ1) is 11.0. The molecule has 1 rings (SSSR count). The highest BCUT2D eigenvalue weighted by Crippen LogP contribution is 2.23. The van der Waals surface area contributed by atoms with Crippen LogP contribution in [0.1, 0.15) is 33.1 Å². The Balaban J connectivity index is 2.41. The molecule has 1 heterocycles. The van der Waals surface area contributed by atoms with Gasteiger partial charge in [0, 0.05) is 19.0 Å². The Hall–Kier alpha value is -1.06. The summed E-state index contributed by atoms with van der Waals surface area (Å²) in [6, 6.07) is 0.270. The number of carbonyl (C=O) groups excluding carboxylic acids is 1. The van der Waals surface area contributed by atoms with Gasteiger partial charge < -0.3 is 10.0 Å². The molecule has 1 amide bonds. The maximum absolute atomic E-state index is 11.6. The third-order valence-electron chi connectivity index (χ3n) is 2.66. The zero-order valence-corrected chi connectivity index (χ0v) is 8.69. The third kappa shape index (κ3) is 2.72. The highest BCUT2D eigenvalue weighted by atomic mass is 16.4. The fraction of sp³-hybridized carbons (Fsp3) is 0.800. The van der Waals surface area contributed by atoms with E-state index in [9.17, 15) is 9.59 Å². The van der Waals surface area contributed by atoms with E-state index >= 15 is 0 Å². The van der Waals surface area contributed by atoms with Crippen molar-refractivity contribution < 1.29 is 14.7 Å². The molecule has 1 aliphatic rings. The molecule has 0 radical (unpaired) electrons. The molecule has 14 heavy (non-hydrogen) atoms. The van der Waals surface area contributed by atoms with Crippen molar-refractivity contribution in [3.8, 4) is 0 Å². The Morgan fingerprint density at radius 1 is 1.36 bits per heavy atom. The van der Waals surface area contributed by atoms with E-state index in [1.165, 1.54) is 0 Å². The fourth-order valence-electron chi connectivity index (χ4n) is 2.00. The summed E-state index contributed by atoms with van der Waals surface area (Å²) in [7, 11) is 0. The van der Waals surface area contributed by atoms with Crippen LogP contribution in [0.2, 0.25) is 0 Å². The summed E-state index contributed by atoms with van der Waals surface area (Å²) in [6.45, 7) is 4.91. The molecule has 1 N–H and O–H groups in total. The van der Waals surface area contributed by atoms with Gasteiger partial charge in [0.05, 0.1) is 6.42 Å². The van der Waals surface area contributed by atoms with Crippen LogP contribution in [0, 0.1) is 5.92 Å². The fourth-order valence-corrected chi connectivity index (χ4v) is 2.00. The van der Waals surface area contributed by atoms with E-state index in [0.29, 0.717) is 5.92 Å². The Morgan fingerprint density at radius 3 is 2.43 bits per heavy atom. The number of carboxylic acid groups (broad SMARTS) is 1. The average Bonchev–Trinajstić information content (AvgIpc) is 2.41. The summed E-state index contributed by atoms with van der Waals surface area (Å²) in [5.74, 6) is -0.388. The second-order valence-corrected chi connectivity index (χ2v) is 4.13. The van der Waals surface area contributed by atoms with Crippen molar-refractivity contribution in [3.05, 3.63) is 0 Å². The van der Waals surface area contributed by atoms with Crippen LogP contribution in [0.4, 0.5) is 0 Å². The van der Waals surface area contributed by atoms with Crippen LogP contribution < -0.4 is 0 Å². The largest absolute Gasteiger partial charge is 0.481 e. The SMILES string of the molecule is CC1CC(C)N(C(=O)CCC(=O)O)C1.